The molecule has 0 saturated heterocycles. The molecule has 0 radical (unpaired) electrons. The monoisotopic (exact) mass is 351 g/mol. The molecule has 1 heterocycles. The van der Waals surface area contributed by atoms with Gasteiger partial charge < -0.3 is 15.8 Å². The number of nitrogens with one attached hydrogen (secondary N) is 1. The van der Waals surface area contributed by atoms with Crippen molar-refractivity contribution in [2.75, 3.05) is 30.8 Å². The second-order valence-electron chi connectivity index (χ2n) is 5.00. The van der Waals surface area contributed by atoms with Crippen LogP contribution in [0.3, 0.4) is 0 Å². The van der Waals surface area contributed by atoms with E-state index < -0.39 is 0 Å². The summed E-state index contributed by atoms with van der Waals surface area (Å²) in [5.74, 6) is 0. The van der Waals surface area contributed by atoms with Crippen LogP contribution in [0.4, 0.5) is 11.4 Å². The molecule has 1 aromatic heterocycles. The number of halogens is 1. The summed E-state index contributed by atoms with van der Waals surface area (Å²) in [6.45, 7) is 4.63. The van der Waals surface area contributed by atoms with Crippen molar-refractivity contribution in [2.45, 2.75) is 26.2 Å². The largest absolute Gasteiger partial charge is 0.396 e. The van der Waals surface area contributed by atoms with Gasteiger partial charge in [-0.25, -0.2) is 0 Å². The molecule has 2 rings (SSSR count). The van der Waals surface area contributed by atoms with Gasteiger partial charge in [0.05, 0.1) is 23.1 Å². The topological polar surface area (TPSA) is 60.2 Å². The maximum atomic E-state index is 6.05. The van der Waals surface area contributed by atoms with Gasteiger partial charge in [0.25, 0.3) is 0 Å². The van der Waals surface area contributed by atoms with Crippen LogP contribution >= 0.6 is 15.9 Å². The number of hydrogen-bond acceptors (Lipinski definition) is 4. The van der Waals surface area contributed by atoms with E-state index in [0.717, 1.165) is 53.7 Å². The van der Waals surface area contributed by atoms with Crippen molar-refractivity contribution < 1.29 is 4.74 Å². The molecule has 0 fully saturated rings. The normalized spacial score (nSPS) is 11.0. The summed E-state index contributed by atoms with van der Waals surface area (Å²) in [7, 11) is 0. The number of nitrogens with two attached hydrogens (primary N) is 1. The average molecular weight is 352 g/mol. The highest BCUT2D eigenvalue weighted by Gasteiger charge is 2.06. The van der Waals surface area contributed by atoms with Crippen LogP contribution in [0.15, 0.2) is 28.9 Å². The highest BCUT2D eigenvalue weighted by Crippen LogP contribution is 2.29. The van der Waals surface area contributed by atoms with E-state index in [9.17, 15) is 0 Å². The fourth-order valence-corrected chi connectivity index (χ4v) is 2.47. The number of anilines is 2. The van der Waals surface area contributed by atoms with Crippen LogP contribution in [-0.2, 0) is 4.74 Å². The van der Waals surface area contributed by atoms with Crippen molar-refractivity contribution in [1.82, 2.24) is 4.98 Å². The third-order valence-corrected chi connectivity index (χ3v) is 3.76. The van der Waals surface area contributed by atoms with Gasteiger partial charge in [-0.3, -0.25) is 4.98 Å². The quantitative estimate of drug-likeness (QED) is 0.699. The zero-order valence-corrected chi connectivity index (χ0v) is 13.9. The van der Waals surface area contributed by atoms with Crippen LogP contribution < -0.4 is 11.1 Å². The molecule has 0 atom stereocenters. The van der Waals surface area contributed by atoms with Gasteiger partial charge in [0.15, 0.2) is 0 Å². The predicted octanol–water partition coefficient (Wildman–Crippen LogP) is 4.20. The molecular formula is C16H22BrN3O. The zero-order valence-electron chi connectivity index (χ0n) is 12.4. The first kappa shape index (κ1) is 16.0. The predicted molar refractivity (Wildman–Crippen MR) is 92.7 cm³/mol. The molecule has 0 aliphatic carbocycles. The summed E-state index contributed by atoms with van der Waals surface area (Å²) in [5.41, 5.74) is 8.61. The van der Waals surface area contributed by atoms with E-state index in [1.807, 2.05) is 18.2 Å². The molecule has 21 heavy (non-hydrogen) atoms. The van der Waals surface area contributed by atoms with E-state index >= 15 is 0 Å². The average Bonchev–Trinajstić information content (AvgIpc) is 2.48. The molecule has 5 heteroatoms. The first-order chi connectivity index (χ1) is 10.2. The number of aromatic nitrogens is 1. The molecule has 0 bridgehead atoms. The van der Waals surface area contributed by atoms with Crippen molar-refractivity contribution in [3.8, 4) is 0 Å². The van der Waals surface area contributed by atoms with Crippen molar-refractivity contribution in [2.24, 2.45) is 0 Å². The van der Waals surface area contributed by atoms with Gasteiger partial charge in [0.2, 0.25) is 0 Å². The summed E-state index contributed by atoms with van der Waals surface area (Å²) in [5, 5.41) is 4.45. The summed E-state index contributed by atoms with van der Waals surface area (Å²) < 4.78 is 6.58. The number of nitrogens with zero attached hydrogens (tertiary/aromatic N) is 1. The Bertz CT molecular complexity index is 584. The number of unbranched alkanes of at least 4 members (excludes halogenated alkanes) is 1. The molecule has 3 N–H and O–H groups in total. The molecule has 4 nitrogen and oxygen atoms in total. The van der Waals surface area contributed by atoms with Crippen molar-refractivity contribution >= 4 is 38.2 Å². The van der Waals surface area contributed by atoms with E-state index in [2.05, 4.69) is 33.2 Å². The van der Waals surface area contributed by atoms with Gasteiger partial charge in [-0.1, -0.05) is 29.3 Å². The molecule has 1 aromatic carbocycles. The van der Waals surface area contributed by atoms with Gasteiger partial charge in [0, 0.05) is 29.6 Å². The van der Waals surface area contributed by atoms with Gasteiger partial charge >= 0.3 is 0 Å². The molecule has 0 spiro atoms. The Hall–Kier alpha value is -1.33. The smallest absolute Gasteiger partial charge is 0.0743 e. The summed E-state index contributed by atoms with van der Waals surface area (Å²) in [6.07, 6.45) is 4.97. The standard InChI is InChI=1S/C16H22BrN3O/c1-2-3-8-21-9-4-7-19-16-13-10-12(17)5-6-15(13)20-11-14(16)18/h5-6,10-11H,2-4,7-9,18H2,1H3,(H,19,20). The number of benzene rings is 1. The molecule has 0 aliphatic heterocycles. The van der Waals surface area contributed by atoms with Crippen LogP contribution in [0.25, 0.3) is 10.9 Å². The maximum Gasteiger partial charge on any atom is 0.0743 e. The van der Waals surface area contributed by atoms with E-state index in [0.29, 0.717) is 5.69 Å². The Labute approximate surface area is 134 Å². The minimum absolute atomic E-state index is 0.674. The lowest BCUT2D eigenvalue weighted by molar-refractivity contribution is 0.131. The molecular weight excluding hydrogens is 330 g/mol. The molecule has 0 saturated carbocycles. The third kappa shape index (κ3) is 4.58. The highest BCUT2D eigenvalue weighted by atomic mass is 79.9. The van der Waals surface area contributed by atoms with E-state index in [-0.39, 0.29) is 0 Å². The van der Waals surface area contributed by atoms with E-state index in [1.165, 1.54) is 6.42 Å². The Morgan fingerprint density at radius 3 is 2.90 bits per heavy atom. The van der Waals surface area contributed by atoms with Gasteiger partial charge in [0.1, 0.15) is 0 Å². The first-order valence-electron chi connectivity index (χ1n) is 7.37. The van der Waals surface area contributed by atoms with Gasteiger partial charge in [-0.05, 0) is 31.0 Å². The van der Waals surface area contributed by atoms with Gasteiger partial charge in [-0.2, -0.15) is 0 Å². The molecule has 114 valence electrons. The number of pyridine rings is 1. The maximum absolute atomic E-state index is 6.05. The lowest BCUT2D eigenvalue weighted by atomic mass is 10.1. The summed E-state index contributed by atoms with van der Waals surface area (Å²) >= 11 is 3.49. The van der Waals surface area contributed by atoms with Crippen LogP contribution in [-0.4, -0.2) is 24.7 Å². The lowest BCUT2D eigenvalue weighted by Gasteiger charge is -2.12. The Balaban J connectivity index is 1.95. The van der Waals surface area contributed by atoms with Gasteiger partial charge in [-0.15, -0.1) is 0 Å². The lowest BCUT2D eigenvalue weighted by Crippen LogP contribution is -2.08. The summed E-state index contributed by atoms with van der Waals surface area (Å²) in [6, 6.07) is 6.01. The summed E-state index contributed by atoms with van der Waals surface area (Å²) in [4.78, 5) is 4.35. The van der Waals surface area contributed by atoms with Crippen molar-refractivity contribution in [3.63, 3.8) is 0 Å². The minimum atomic E-state index is 0.674. The van der Waals surface area contributed by atoms with Crippen molar-refractivity contribution in [3.05, 3.63) is 28.9 Å². The fraction of sp³-hybridized carbons (Fsp3) is 0.438. The second-order valence-corrected chi connectivity index (χ2v) is 5.91. The van der Waals surface area contributed by atoms with E-state index in [4.69, 9.17) is 10.5 Å². The number of rotatable bonds is 8. The SMILES string of the molecule is CCCCOCCCNc1c(N)cnc2ccc(Br)cc12. The second kappa shape index (κ2) is 8.20. The fourth-order valence-electron chi connectivity index (χ4n) is 2.11. The Kier molecular flexibility index (Phi) is 6.26. The molecule has 2 aromatic rings. The number of nitrogen functional groups attached to an aromatic ring is 1. The number of ether oxygens (including phenoxy) is 1. The van der Waals surface area contributed by atoms with Crippen LogP contribution in [0.5, 0.6) is 0 Å². The number of fused-ring (bicyclic) bond motifs is 1. The molecule has 0 amide bonds. The Morgan fingerprint density at radius 1 is 1.29 bits per heavy atom. The van der Waals surface area contributed by atoms with Crippen molar-refractivity contribution in [1.29, 1.82) is 0 Å². The molecule has 0 unspecified atom stereocenters. The van der Waals surface area contributed by atoms with Crippen LogP contribution in [0.2, 0.25) is 0 Å². The Morgan fingerprint density at radius 2 is 2.10 bits per heavy atom. The van der Waals surface area contributed by atoms with E-state index in [1.54, 1.807) is 6.20 Å². The first-order valence-corrected chi connectivity index (χ1v) is 8.17. The number of hydrogen-bond donors (Lipinski definition) is 2. The molecule has 0 aliphatic rings. The van der Waals surface area contributed by atoms with Crippen LogP contribution in [0, 0.1) is 0 Å². The van der Waals surface area contributed by atoms with Crippen LogP contribution in [0.1, 0.15) is 26.2 Å². The zero-order chi connectivity index (χ0) is 15.1. The highest BCUT2D eigenvalue weighted by molar-refractivity contribution is 9.10. The minimum Gasteiger partial charge on any atom is -0.396 e. The third-order valence-electron chi connectivity index (χ3n) is 3.27.